The second-order valence-electron chi connectivity index (χ2n) is 4.74. The largest absolute Gasteiger partial charge is 0.467 e. The highest BCUT2D eigenvalue weighted by Gasteiger charge is 2.15. The lowest BCUT2D eigenvalue weighted by molar-refractivity contribution is -0.144. The Labute approximate surface area is 127 Å². The molecule has 21 heavy (non-hydrogen) atoms. The van der Waals surface area contributed by atoms with Crippen molar-refractivity contribution in [2.75, 3.05) is 7.11 Å². The Hall–Kier alpha value is -2.01. The van der Waals surface area contributed by atoms with Crippen molar-refractivity contribution in [1.82, 2.24) is 9.88 Å². The van der Waals surface area contributed by atoms with Gasteiger partial charge in [-0.15, -0.1) is 0 Å². The van der Waals surface area contributed by atoms with E-state index in [0.29, 0.717) is 11.6 Å². The first-order valence-electron chi connectivity index (χ1n) is 6.63. The van der Waals surface area contributed by atoms with E-state index in [1.807, 2.05) is 35.0 Å². The van der Waals surface area contributed by atoms with Gasteiger partial charge in [0.1, 0.15) is 6.04 Å². The second kappa shape index (κ2) is 6.63. The maximum atomic E-state index is 11.8. The third-order valence-electron chi connectivity index (χ3n) is 3.27. The summed E-state index contributed by atoms with van der Waals surface area (Å²) in [7, 11) is 1.29. The highest BCUT2D eigenvalue weighted by atomic mass is 35.5. The van der Waals surface area contributed by atoms with Crippen molar-refractivity contribution in [2.24, 2.45) is 0 Å². The first-order chi connectivity index (χ1) is 10.0. The Morgan fingerprint density at radius 1 is 1.38 bits per heavy atom. The van der Waals surface area contributed by atoms with Crippen molar-refractivity contribution >= 4 is 34.4 Å². The van der Waals surface area contributed by atoms with E-state index in [1.165, 1.54) is 7.11 Å². The van der Waals surface area contributed by atoms with Gasteiger partial charge in [-0.05, 0) is 25.1 Å². The van der Waals surface area contributed by atoms with Gasteiger partial charge in [-0.1, -0.05) is 17.7 Å². The standard InChI is InChI=1S/C15H17ClN2O3/c1-10(15(20)21-2)17-14(19)7-9-18-8-6-11-12(16)4-3-5-13(11)18/h3-6,8,10H,7,9H2,1-2H3,(H,17,19)/t10-/m1/s1. The minimum absolute atomic E-state index is 0.197. The molecule has 5 nitrogen and oxygen atoms in total. The van der Waals surface area contributed by atoms with Crippen LogP contribution in [0.25, 0.3) is 10.9 Å². The Morgan fingerprint density at radius 3 is 2.86 bits per heavy atom. The number of carbonyl (C=O) groups excluding carboxylic acids is 2. The van der Waals surface area contributed by atoms with Crippen LogP contribution in [0, 0.1) is 0 Å². The minimum atomic E-state index is -0.640. The fourth-order valence-electron chi connectivity index (χ4n) is 2.15. The number of benzene rings is 1. The number of amides is 1. The zero-order chi connectivity index (χ0) is 15.4. The average Bonchev–Trinajstić information content (AvgIpc) is 2.88. The molecular weight excluding hydrogens is 292 g/mol. The predicted molar refractivity (Wildman–Crippen MR) is 81.2 cm³/mol. The van der Waals surface area contributed by atoms with Gasteiger partial charge in [0.05, 0.1) is 7.11 Å². The molecule has 0 spiro atoms. The van der Waals surface area contributed by atoms with Gasteiger partial charge in [-0.2, -0.15) is 0 Å². The van der Waals surface area contributed by atoms with Crippen molar-refractivity contribution in [3.63, 3.8) is 0 Å². The lowest BCUT2D eigenvalue weighted by Gasteiger charge is -2.12. The molecule has 2 rings (SSSR count). The van der Waals surface area contributed by atoms with Gasteiger partial charge in [0.25, 0.3) is 0 Å². The molecule has 1 amide bonds. The number of ether oxygens (including phenoxy) is 1. The molecule has 0 saturated heterocycles. The van der Waals surface area contributed by atoms with Gasteiger partial charge >= 0.3 is 5.97 Å². The van der Waals surface area contributed by atoms with Crippen molar-refractivity contribution in [3.05, 3.63) is 35.5 Å². The van der Waals surface area contributed by atoms with Crippen molar-refractivity contribution in [1.29, 1.82) is 0 Å². The third-order valence-corrected chi connectivity index (χ3v) is 3.60. The first-order valence-corrected chi connectivity index (χ1v) is 7.01. The number of rotatable bonds is 5. The van der Waals surface area contributed by atoms with E-state index in [9.17, 15) is 9.59 Å². The van der Waals surface area contributed by atoms with Gasteiger partial charge < -0.3 is 14.6 Å². The molecule has 1 aromatic carbocycles. The van der Waals surface area contributed by atoms with Crippen LogP contribution >= 0.6 is 11.6 Å². The van der Waals surface area contributed by atoms with E-state index in [1.54, 1.807) is 6.92 Å². The summed E-state index contributed by atoms with van der Waals surface area (Å²) in [4.78, 5) is 23.0. The van der Waals surface area contributed by atoms with Crippen LogP contribution in [0.3, 0.4) is 0 Å². The molecule has 0 aliphatic carbocycles. The second-order valence-corrected chi connectivity index (χ2v) is 5.15. The van der Waals surface area contributed by atoms with Crippen LogP contribution in [0.2, 0.25) is 5.02 Å². The number of halogens is 1. The normalized spacial score (nSPS) is 12.1. The SMILES string of the molecule is COC(=O)[C@@H](C)NC(=O)CCn1ccc2c(Cl)cccc21. The zero-order valence-corrected chi connectivity index (χ0v) is 12.7. The molecule has 0 bridgehead atoms. The molecule has 0 unspecified atom stereocenters. The van der Waals surface area contributed by atoms with Gasteiger partial charge in [0, 0.05) is 35.1 Å². The Morgan fingerprint density at radius 2 is 2.14 bits per heavy atom. The maximum Gasteiger partial charge on any atom is 0.328 e. The molecule has 1 heterocycles. The summed E-state index contributed by atoms with van der Waals surface area (Å²) in [5.41, 5.74) is 0.983. The smallest absolute Gasteiger partial charge is 0.328 e. The average molecular weight is 309 g/mol. The summed E-state index contributed by atoms with van der Waals surface area (Å²) < 4.78 is 6.52. The topological polar surface area (TPSA) is 60.3 Å². The summed E-state index contributed by atoms with van der Waals surface area (Å²) in [6, 6.07) is 6.95. The third kappa shape index (κ3) is 3.55. The summed E-state index contributed by atoms with van der Waals surface area (Å²) in [6.45, 7) is 2.11. The van der Waals surface area contributed by atoms with Crippen molar-refractivity contribution < 1.29 is 14.3 Å². The number of aryl methyl sites for hydroxylation is 1. The number of fused-ring (bicyclic) bond motifs is 1. The van der Waals surface area contributed by atoms with Gasteiger partial charge in [0.2, 0.25) is 5.91 Å². The van der Waals surface area contributed by atoms with Crippen LogP contribution in [0.15, 0.2) is 30.5 Å². The summed E-state index contributed by atoms with van der Waals surface area (Å²) >= 11 is 6.11. The number of methoxy groups -OCH3 is 1. The van der Waals surface area contributed by atoms with E-state index >= 15 is 0 Å². The number of hydrogen-bond donors (Lipinski definition) is 1. The maximum absolute atomic E-state index is 11.8. The van der Waals surface area contributed by atoms with E-state index in [2.05, 4.69) is 10.1 Å². The van der Waals surface area contributed by atoms with Gasteiger partial charge in [0.15, 0.2) is 0 Å². The quantitative estimate of drug-likeness (QED) is 0.863. The van der Waals surface area contributed by atoms with E-state index in [4.69, 9.17) is 11.6 Å². The number of nitrogens with one attached hydrogen (secondary N) is 1. The highest BCUT2D eigenvalue weighted by molar-refractivity contribution is 6.35. The molecule has 0 saturated carbocycles. The molecule has 0 radical (unpaired) electrons. The number of carbonyl (C=O) groups is 2. The van der Waals surface area contributed by atoms with Crippen molar-refractivity contribution in [2.45, 2.75) is 25.9 Å². The van der Waals surface area contributed by atoms with E-state index in [-0.39, 0.29) is 12.3 Å². The lowest BCUT2D eigenvalue weighted by Crippen LogP contribution is -2.39. The van der Waals surface area contributed by atoms with E-state index in [0.717, 1.165) is 10.9 Å². The number of esters is 1. The number of nitrogens with zero attached hydrogens (tertiary/aromatic N) is 1. The molecule has 1 aromatic heterocycles. The molecule has 2 aromatic rings. The summed E-state index contributed by atoms with van der Waals surface area (Å²) in [5.74, 6) is -0.654. The fraction of sp³-hybridized carbons (Fsp3) is 0.333. The highest BCUT2D eigenvalue weighted by Crippen LogP contribution is 2.24. The molecule has 0 fully saturated rings. The number of hydrogen-bond acceptors (Lipinski definition) is 3. The molecule has 112 valence electrons. The number of aromatic nitrogens is 1. The van der Waals surface area contributed by atoms with Crippen LogP contribution in [0.1, 0.15) is 13.3 Å². The Bertz CT molecular complexity index is 666. The van der Waals surface area contributed by atoms with Crippen LogP contribution in [-0.4, -0.2) is 29.6 Å². The predicted octanol–water partition coefficient (Wildman–Crippen LogP) is 2.36. The summed E-state index contributed by atoms with van der Waals surface area (Å²) in [6.07, 6.45) is 2.17. The molecule has 0 aliphatic heterocycles. The zero-order valence-electron chi connectivity index (χ0n) is 11.9. The van der Waals surface area contributed by atoms with Crippen LogP contribution in [0.5, 0.6) is 0 Å². The first kappa shape index (κ1) is 15.4. The van der Waals surface area contributed by atoms with Gasteiger partial charge in [-0.25, -0.2) is 4.79 Å². The summed E-state index contributed by atoms with van der Waals surface area (Å²) in [5, 5.41) is 4.25. The van der Waals surface area contributed by atoms with Gasteiger partial charge in [-0.3, -0.25) is 4.79 Å². The molecule has 1 atom stereocenters. The Kier molecular flexibility index (Phi) is 4.85. The van der Waals surface area contributed by atoms with Crippen LogP contribution < -0.4 is 5.32 Å². The van der Waals surface area contributed by atoms with Crippen LogP contribution in [0.4, 0.5) is 0 Å². The monoisotopic (exact) mass is 308 g/mol. The Balaban J connectivity index is 1.97. The van der Waals surface area contributed by atoms with Crippen LogP contribution in [-0.2, 0) is 20.9 Å². The molecule has 1 N–H and O–H groups in total. The minimum Gasteiger partial charge on any atom is -0.467 e. The lowest BCUT2D eigenvalue weighted by atomic mass is 10.2. The molecule has 6 heteroatoms. The fourth-order valence-corrected chi connectivity index (χ4v) is 2.38. The van der Waals surface area contributed by atoms with E-state index < -0.39 is 12.0 Å². The molecule has 0 aliphatic rings. The molecular formula is C15H17ClN2O3. The van der Waals surface area contributed by atoms with Crippen molar-refractivity contribution in [3.8, 4) is 0 Å².